The van der Waals surface area contributed by atoms with E-state index in [9.17, 15) is 18.0 Å². The minimum absolute atomic E-state index is 0.0758. The average molecular weight is 337 g/mol. The lowest BCUT2D eigenvalue weighted by Crippen LogP contribution is -2.31. The zero-order chi connectivity index (χ0) is 17.7. The summed E-state index contributed by atoms with van der Waals surface area (Å²) in [5.74, 6) is -0.779. The number of carbonyl (C=O) groups excluding carboxylic acids is 1. The number of hydrogen-bond acceptors (Lipinski definition) is 2. The fraction of sp³-hybridized carbons (Fsp3) is 0.278. The second kappa shape index (κ2) is 7.49. The highest BCUT2D eigenvalue weighted by atomic mass is 19.4. The average Bonchev–Trinajstić information content (AvgIpc) is 2.56. The second-order valence-electron chi connectivity index (χ2n) is 5.33. The molecule has 0 saturated carbocycles. The van der Waals surface area contributed by atoms with E-state index in [1.807, 2.05) is 31.2 Å². The van der Waals surface area contributed by atoms with Crippen LogP contribution in [0.4, 0.5) is 13.2 Å². The Hall–Kier alpha value is -2.34. The van der Waals surface area contributed by atoms with Crippen LogP contribution in [0.3, 0.4) is 0 Å². The smallest absolute Gasteiger partial charge is 0.375 e. The molecule has 0 bridgehead atoms. The van der Waals surface area contributed by atoms with Gasteiger partial charge in [-0.2, -0.15) is 13.2 Å². The SMILES string of the molecule is CO[C@H](CNC(=O)c1ccccc1C(F)(F)F)c1ccccc1C. The molecule has 0 aliphatic rings. The molecule has 128 valence electrons. The van der Waals surface area contributed by atoms with Crippen LogP contribution in [0.2, 0.25) is 0 Å². The third-order valence-corrected chi connectivity index (χ3v) is 3.74. The number of alkyl halides is 3. The van der Waals surface area contributed by atoms with Crippen molar-refractivity contribution in [1.29, 1.82) is 0 Å². The number of rotatable bonds is 5. The lowest BCUT2D eigenvalue weighted by Gasteiger charge is -2.19. The van der Waals surface area contributed by atoms with Crippen LogP contribution in [0.5, 0.6) is 0 Å². The molecule has 1 N–H and O–H groups in total. The Bertz CT molecular complexity index is 713. The molecule has 1 amide bonds. The first-order valence-corrected chi connectivity index (χ1v) is 7.37. The number of halogens is 3. The van der Waals surface area contributed by atoms with Crippen LogP contribution in [0.1, 0.15) is 33.2 Å². The van der Waals surface area contributed by atoms with Crippen molar-refractivity contribution in [3.8, 4) is 0 Å². The number of carbonyl (C=O) groups is 1. The Morgan fingerprint density at radius 1 is 1.12 bits per heavy atom. The van der Waals surface area contributed by atoms with Crippen LogP contribution in [-0.4, -0.2) is 19.6 Å². The maximum absolute atomic E-state index is 13.0. The molecule has 3 nitrogen and oxygen atoms in total. The zero-order valence-corrected chi connectivity index (χ0v) is 13.4. The van der Waals surface area contributed by atoms with Gasteiger partial charge in [0.05, 0.1) is 17.2 Å². The molecular weight excluding hydrogens is 319 g/mol. The molecule has 2 aromatic carbocycles. The van der Waals surface area contributed by atoms with Crippen molar-refractivity contribution < 1.29 is 22.7 Å². The maximum atomic E-state index is 13.0. The van der Waals surface area contributed by atoms with Crippen molar-refractivity contribution in [2.24, 2.45) is 0 Å². The third kappa shape index (κ3) is 4.14. The summed E-state index contributed by atoms with van der Waals surface area (Å²) < 4.78 is 44.3. The van der Waals surface area contributed by atoms with Crippen molar-refractivity contribution in [2.75, 3.05) is 13.7 Å². The molecule has 2 rings (SSSR count). The van der Waals surface area contributed by atoms with Crippen LogP contribution in [-0.2, 0) is 10.9 Å². The number of ether oxygens (including phenoxy) is 1. The fourth-order valence-electron chi connectivity index (χ4n) is 2.48. The largest absolute Gasteiger partial charge is 0.417 e. The minimum Gasteiger partial charge on any atom is -0.375 e. The van der Waals surface area contributed by atoms with Gasteiger partial charge in [0.15, 0.2) is 0 Å². The van der Waals surface area contributed by atoms with E-state index in [1.54, 1.807) is 0 Å². The Balaban J connectivity index is 2.15. The molecule has 24 heavy (non-hydrogen) atoms. The summed E-state index contributed by atoms with van der Waals surface area (Å²) in [4.78, 5) is 12.2. The van der Waals surface area contributed by atoms with Gasteiger partial charge in [0.2, 0.25) is 0 Å². The van der Waals surface area contributed by atoms with E-state index in [0.717, 1.165) is 23.3 Å². The molecule has 0 aliphatic carbocycles. The molecule has 0 unspecified atom stereocenters. The van der Waals surface area contributed by atoms with E-state index < -0.39 is 29.3 Å². The van der Waals surface area contributed by atoms with Gasteiger partial charge in [-0.15, -0.1) is 0 Å². The molecule has 0 aromatic heterocycles. The number of benzene rings is 2. The van der Waals surface area contributed by atoms with Gasteiger partial charge < -0.3 is 10.1 Å². The standard InChI is InChI=1S/C18H18F3NO2/c1-12-7-3-4-8-13(12)16(24-2)11-22-17(23)14-9-5-6-10-15(14)18(19,20)21/h3-10,16H,11H2,1-2H3,(H,22,23)/t16-/m1/s1. The number of amides is 1. The highest BCUT2D eigenvalue weighted by molar-refractivity contribution is 5.95. The molecule has 2 aromatic rings. The topological polar surface area (TPSA) is 38.3 Å². The van der Waals surface area contributed by atoms with Crippen LogP contribution in [0.15, 0.2) is 48.5 Å². The zero-order valence-electron chi connectivity index (χ0n) is 13.4. The summed E-state index contributed by atoms with van der Waals surface area (Å²) in [5.41, 5.74) is 0.510. The molecule has 0 aliphatic heterocycles. The number of aryl methyl sites for hydroxylation is 1. The summed E-state index contributed by atoms with van der Waals surface area (Å²) in [6, 6.07) is 12.2. The highest BCUT2D eigenvalue weighted by Crippen LogP contribution is 2.31. The van der Waals surface area contributed by atoms with Crippen molar-refractivity contribution >= 4 is 5.91 Å². The monoisotopic (exact) mass is 337 g/mol. The van der Waals surface area contributed by atoms with E-state index in [1.165, 1.54) is 19.2 Å². The van der Waals surface area contributed by atoms with Crippen LogP contribution in [0.25, 0.3) is 0 Å². The van der Waals surface area contributed by atoms with E-state index in [2.05, 4.69) is 5.32 Å². The molecule has 6 heteroatoms. The van der Waals surface area contributed by atoms with Gasteiger partial charge in [-0.25, -0.2) is 0 Å². The number of hydrogen-bond donors (Lipinski definition) is 1. The first-order valence-electron chi connectivity index (χ1n) is 7.37. The molecule has 0 radical (unpaired) electrons. The van der Waals surface area contributed by atoms with Crippen molar-refractivity contribution in [3.05, 3.63) is 70.8 Å². The number of methoxy groups -OCH3 is 1. The predicted molar refractivity (Wildman–Crippen MR) is 84.7 cm³/mol. The van der Waals surface area contributed by atoms with E-state index in [4.69, 9.17) is 4.74 Å². The molecule has 0 saturated heterocycles. The van der Waals surface area contributed by atoms with Gasteiger partial charge in [0, 0.05) is 13.7 Å². The van der Waals surface area contributed by atoms with Crippen LogP contribution >= 0.6 is 0 Å². The molecular formula is C18H18F3NO2. The molecule has 0 spiro atoms. The highest BCUT2D eigenvalue weighted by Gasteiger charge is 2.34. The van der Waals surface area contributed by atoms with Gasteiger partial charge in [-0.3, -0.25) is 4.79 Å². The maximum Gasteiger partial charge on any atom is 0.417 e. The summed E-state index contributed by atoms with van der Waals surface area (Å²) in [5, 5.41) is 2.52. The van der Waals surface area contributed by atoms with Gasteiger partial charge in [-0.05, 0) is 30.2 Å². The van der Waals surface area contributed by atoms with Gasteiger partial charge >= 0.3 is 6.18 Å². The quantitative estimate of drug-likeness (QED) is 0.891. The first-order chi connectivity index (χ1) is 11.3. The molecule has 0 heterocycles. The Morgan fingerprint density at radius 3 is 2.38 bits per heavy atom. The van der Waals surface area contributed by atoms with E-state index in [0.29, 0.717) is 0 Å². The third-order valence-electron chi connectivity index (χ3n) is 3.74. The van der Waals surface area contributed by atoms with E-state index >= 15 is 0 Å². The van der Waals surface area contributed by atoms with Crippen LogP contribution < -0.4 is 5.32 Å². The predicted octanol–water partition coefficient (Wildman–Crippen LogP) is 4.13. The van der Waals surface area contributed by atoms with Crippen molar-refractivity contribution in [3.63, 3.8) is 0 Å². The minimum atomic E-state index is -4.58. The summed E-state index contributed by atoms with van der Waals surface area (Å²) in [6.07, 6.45) is -5.02. The lowest BCUT2D eigenvalue weighted by molar-refractivity contribution is -0.137. The van der Waals surface area contributed by atoms with Gasteiger partial charge in [0.1, 0.15) is 0 Å². The summed E-state index contributed by atoms with van der Waals surface area (Å²) in [7, 11) is 1.49. The summed E-state index contributed by atoms with van der Waals surface area (Å²) in [6.45, 7) is 1.98. The first kappa shape index (κ1) is 18.0. The van der Waals surface area contributed by atoms with Crippen LogP contribution in [0, 0.1) is 6.92 Å². The molecule has 0 fully saturated rings. The summed E-state index contributed by atoms with van der Waals surface area (Å²) >= 11 is 0. The Kier molecular flexibility index (Phi) is 5.62. The fourth-order valence-corrected chi connectivity index (χ4v) is 2.48. The molecule has 1 atom stereocenters. The van der Waals surface area contributed by atoms with E-state index in [-0.39, 0.29) is 6.54 Å². The second-order valence-corrected chi connectivity index (χ2v) is 5.33. The van der Waals surface area contributed by atoms with Crippen molar-refractivity contribution in [1.82, 2.24) is 5.32 Å². The van der Waals surface area contributed by atoms with Gasteiger partial charge in [-0.1, -0.05) is 36.4 Å². The Morgan fingerprint density at radius 2 is 1.75 bits per heavy atom. The van der Waals surface area contributed by atoms with Gasteiger partial charge in [0.25, 0.3) is 5.91 Å². The normalized spacial score (nSPS) is 12.7. The van der Waals surface area contributed by atoms with Crippen molar-refractivity contribution in [2.45, 2.75) is 19.2 Å². The lowest BCUT2D eigenvalue weighted by atomic mass is 10.0. The Labute approximate surface area is 138 Å². The number of nitrogens with one attached hydrogen (secondary N) is 1.